The summed E-state index contributed by atoms with van der Waals surface area (Å²) in [5.41, 5.74) is 1.69. The maximum Gasteiger partial charge on any atom is 0.341 e. The molecule has 0 fully saturated rings. The molecule has 19 heavy (non-hydrogen) atoms. The van der Waals surface area contributed by atoms with E-state index in [2.05, 4.69) is 24.3 Å². The predicted molar refractivity (Wildman–Crippen MR) is 76.1 cm³/mol. The largest absolute Gasteiger partial charge is 0.468 e. The molecule has 1 atom stereocenters. The molecule has 0 radical (unpaired) electrons. The monoisotopic (exact) mass is 262 g/mol. The zero-order chi connectivity index (χ0) is 14.3. The van der Waals surface area contributed by atoms with Crippen LogP contribution in [-0.2, 0) is 11.2 Å². The van der Waals surface area contributed by atoms with Gasteiger partial charge >= 0.3 is 5.97 Å². The van der Waals surface area contributed by atoms with Crippen LogP contribution in [0, 0.1) is 5.92 Å². The first-order valence-corrected chi connectivity index (χ1v) is 6.51. The molecule has 0 aliphatic heterocycles. The number of rotatable bonds is 7. The van der Waals surface area contributed by atoms with Gasteiger partial charge in [-0.3, -0.25) is 0 Å². The lowest BCUT2D eigenvalue weighted by atomic mass is 9.99. The van der Waals surface area contributed by atoms with Crippen LogP contribution in [0.4, 0.5) is 0 Å². The Labute approximate surface area is 115 Å². The molecule has 0 aliphatic carbocycles. The van der Waals surface area contributed by atoms with Gasteiger partial charge < -0.3 is 9.15 Å². The average molecular weight is 262 g/mol. The fourth-order valence-electron chi connectivity index (χ4n) is 1.84. The van der Waals surface area contributed by atoms with Gasteiger partial charge in [-0.15, -0.1) is 0 Å². The second-order valence-corrected chi connectivity index (χ2v) is 4.83. The highest BCUT2D eigenvalue weighted by molar-refractivity contribution is 5.88. The van der Waals surface area contributed by atoms with Crippen molar-refractivity contribution in [1.29, 1.82) is 0 Å². The van der Waals surface area contributed by atoms with Gasteiger partial charge in [0.05, 0.1) is 12.7 Å². The van der Waals surface area contributed by atoms with Crippen molar-refractivity contribution in [3.05, 3.63) is 48.0 Å². The summed E-state index contributed by atoms with van der Waals surface area (Å²) >= 11 is 0. The molecule has 3 heteroatoms. The van der Waals surface area contributed by atoms with Crippen LogP contribution in [0.1, 0.15) is 42.8 Å². The fourth-order valence-corrected chi connectivity index (χ4v) is 1.84. The minimum Gasteiger partial charge on any atom is -0.468 e. The Morgan fingerprint density at radius 2 is 2.32 bits per heavy atom. The molecule has 104 valence electrons. The van der Waals surface area contributed by atoms with Crippen molar-refractivity contribution in [3.8, 4) is 0 Å². The minimum atomic E-state index is -0.354. The van der Waals surface area contributed by atoms with E-state index in [9.17, 15) is 4.79 Å². The average Bonchev–Trinajstić information content (AvgIpc) is 2.85. The van der Waals surface area contributed by atoms with E-state index in [1.807, 2.05) is 13.0 Å². The van der Waals surface area contributed by atoms with Crippen LogP contribution in [0.2, 0.25) is 0 Å². The molecule has 3 nitrogen and oxygen atoms in total. The third kappa shape index (κ3) is 5.16. The number of esters is 1. The molecule has 0 aromatic carbocycles. The summed E-state index contributed by atoms with van der Waals surface area (Å²) in [6, 6.07) is 1.76. The molecular formula is C16H22O3. The number of furan rings is 1. The number of hydrogen-bond donors (Lipinski definition) is 0. The lowest BCUT2D eigenvalue weighted by Gasteiger charge is -2.07. The fraction of sp³-hybridized carbons (Fsp3) is 0.438. The number of allylic oxidation sites excluding steroid dienone is 3. The lowest BCUT2D eigenvalue weighted by Crippen LogP contribution is -2.00. The standard InChI is InChI=1S/C16H22O3/c1-5-12(2)7-6-8-13(3)9-15-10-14(11-19-15)16(17)18-4/h5,7,10-11,13H,1,6,8-9H2,2-4H3/b12-7+/t13-/m1/s1. The highest BCUT2D eigenvalue weighted by Gasteiger charge is 2.12. The third-order valence-corrected chi connectivity index (χ3v) is 3.07. The number of hydrogen-bond acceptors (Lipinski definition) is 3. The Morgan fingerprint density at radius 1 is 1.58 bits per heavy atom. The Morgan fingerprint density at radius 3 is 2.95 bits per heavy atom. The molecule has 0 unspecified atom stereocenters. The highest BCUT2D eigenvalue weighted by Crippen LogP contribution is 2.17. The molecule has 0 N–H and O–H groups in total. The lowest BCUT2D eigenvalue weighted by molar-refractivity contribution is 0.0600. The molecule has 1 aromatic rings. The quantitative estimate of drug-likeness (QED) is 0.547. The van der Waals surface area contributed by atoms with E-state index in [1.54, 1.807) is 6.07 Å². The first-order chi connectivity index (χ1) is 9.06. The van der Waals surface area contributed by atoms with E-state index in [0.717, 1.165) is 25.0 Å². The molecule has 1 heterocycles. The summed E-state index contributed by atoms with van der Waals surface area (Å²) in [7, 11) is 1.37. The van der Waals surface area contributed by atoms with Crippen molar-refractivity contribution in [2.75, 3.05) is 7.11 Å². The molecule has 0 spiro atoms. The Balaban J connectivity index is 2.44. The summed E-state index contributed by atoms with van der Waals surface area (Å²) < 4.78 is 10.0. The van der Waals surface area contributed by atoms with Crippen molar-refractivity contribution < 1.29 is 13.9 Å². The zero-order valence-electron chi connectivity index (χ0n) is 11.9. The van der Waals surface area contributed by atoms with Gasteiger partial charge in [0.1, 0.15) is 12.0 Å². The van der Waals surface area contributed by atoms with E-state index in [0.29, 0.717) is 11.5 Å². The molecule has 0 aliphatic rings. The zero-order valence-corrected chi connectivity index (χ0v) is 11.9. The SMILES string of the molecule is C=C/C(C)=C/CC[C@@H](C)Cc1cc(C(=O)OC)co1. The van der Waals surface area contributed by atoms with Crippen molar-refractivity contribution in [2.24, 2.45) is 5.92 Å². The number of methoxy groups -OCH3 is 1. The van der Waals surface area contributed by atoms with Crippen LogP contribution in [0.5, 0.6) is 0 Å². The van der Waals surface area contributed by atoms with Gasteiger partial charge in [-0.1, -0.05) is 31.2 Å². The first kappa shape index (κ1) is 15.3. The van der Waals surface area contributed by atoms with Crippen LogP contribution < -0.4 is 0 Å². The van der Waals surface area contributed by atoms with E-state index in [1.165, 1.54) is 18.9 Å². The normalized spacial score (nSPS) is 13.1. The van der Waals surface area contributed by atoms with Gasteiger partial charge in [0.15, 0.2) is 0 Å². The summed E-state index contributed by atoms with van der Waals surface area (Å²) in [6.45, 7) is 7.95. The van der Waals surface area contributed by atoms with Crippen molar-refractivity contribution >= 4 is 5.97 Å². The first-order valence-electron chi connectivity index (χ1n) is 6.51. The van der Waals surface area contributed by atoms with Crippen molar-refractivity contribution in [2.45, 2.75) is 33.1 Å². The smallest absolute Gasteiger partial charge is 0.341 e. The summed E-state index contributed by atoms with van der Waals surface area (Å²) in [5.74, 6) is 0.982. The maximum absolute atomic E-state index is 11.3. The van der Waals surface area contributed by atoms with Gasteiger partial charge in [-0.05, 0) is 31.7 Å². The number of carbonyl (C=O) groups excluding carboxylic acids is 1. The Kier molecular flexibility index (Phi) is 6.13. The van der Waals surface area contributed by atoms with Crippen LogP contribution in [-0.4, -0.2) is 13.1 Å². The van der Waals surface area contributed by atoms with Gasteiger partial charge in [-0.2, -0.15) is 0 Å². The van der Waals surface area contributed by atoms with Crippen LogP contribution in [0.25, 0.3) is 0 Å². The third-order valence-electron chi connectivity index (χ3n) is 3.07. The molecule has 0 amide bonds. The van der Waals surface area contributed by atoms with E-state index in [-0.39, 0.29) is 5.97 Å². The minimum absolute atomic E-state index is 0.354. The Bertz CT molecular complexity index is 454. The van der Waals surface area contributed by atoms with E-state index < -0.39 is 0 Å². The molecular weight excluding hydrogens is 240 g/mol. The predicted octanol–water partition coefficient (Wildman–Crippen LogP) is 4.16. The molecule has 0 bridgehead atoms. The van der Waals surface area contributed by atoms with Crippen molar-refractivity contribution in [1.82, 2.24) is 0 Å². The molecule has 1 rings (SSSR count). The Hall–Kier alpha value is -1.77. The number of ether oxygens (including phenoxy) is 1. The number of carbonyl (C=O) groups is 1. The summed E-state index contributed by atoms with van der Waals surface area (Å²) in [4.78, 5) is 11.3. The molecule has 1 aromatic heterocycles. The van der Waals surface area contributed by atoms with Crippen molar-refractivity contribution in [3.63, 3.8) is 0 Å². The van der Waals surface area contributed by atoms with Crippen LogP contribution >= 0.6 is 0 Å². The van der Waals surface area contributed by atoms with E-state index >= 15 is 0 Å². The van der Waals surface area contributed by atoms with Gasteiger partial charge in [0.25, 0.3) is 0 Å². The second-order valence-electron chi connectivity index (χ2n) is 4.83. The van der Waals surface area contributed by atoms with Crippen LogP contribution in [0.3, 0.4) is 0 Å². The second kappa shape index (κ2) is 7.62. The maximum atomic E-state index is 11.3. The molecule has 0 saturated heterocycles. The van der Waals surface area contributed by atoms with Crippen LogP contribution in [0.15, 0.2) is 41.1 Å². The molecule has 0 saturated carbocycles. The van der Waals surface area contributed by atoms with Gasteiger partial charge in [0.2, 0.25) is 0 Å². The van der Waals surface area contributed by atoms with Gasteiger partial charge in [0, 0.05) is 6.42 Å². The summed E-state index contributed by atoms with van der Waals surface area (Å²) in [6.07, 6.45) is 8.45. The summed E-state index contributed by atoms with van der Waals surface area (Å²) in [5, 5.41) is 0. The van der Waals surface area contributed by atoms with E-state index in [4.69, 9.17) is 4.42 Å². The van der Waals surface area contributed by atoms with Gasteiger partial charge in [-0.25, -0.2) is 4.79 Å². The highest BCUT2D eigenvalue weighted by atomic mass is 16.5. The topological polar surface area (TPSA) is 39.4 Å².